The van der Waals surface area contributed by atoms with E-state index >= 15 is 0 Å². The largest absolute Gasteiger partial charge is 0.477 e. The third-order valence-corrected chi connectivity index (χ3v) is 4.18. The molecule has 106 valence electrons. The molecule has 19 heavy (non-hydrogen) atoms. The first kappa shape index (κ1) is 15.4. The Kier molecular flexibility index (Phi) is 5.31. The minimum Gasteiger partial charge on any atom is -0.477 e. The van der Waals surface area contributed by atoms with Crippen molar-refractivity contribution in [1.82, 2.24) is 0 Å². The third-order valence-electron chi connectivity index (χ3n) is 2.01. The normalized spacial score (nSPS) is 11.0. The van der Waals surface area contributed by atoms with Crippen molar-refractivity contribution in [2.45, 2.75) is 13.3 Å². The zero-order valence-electron chi connectivity index (χ0n) is 10.1. The monoisotopic (exact) mass is 307 g/mol. The summed E-state index contributed by atoms with van der Waals surface area (Å²) in [5.41, 5.74) is 0.00126. The van der Waals surface area contributed by atoms with Crippen molar-refractivity contribution in [3.8, 4) is 0 Å². The summed E-state index contributed by atoms with van der Waals surface area (Å²) in [6.07, 6.45) is -0.282. The number of anilines is 1. The van der Waals surface area contributed by atoms with Gasteiger partial charge in [0.05, 0.1) is 24.5 Å². The molecule has 0 aliphatic rings. The standard InChI is InChI=1S/C10H13NO6S2/c1-2-17-8(12)4-6-19(15,16)11-7-3-5-18-9(7)10(13)14/h3,5,11H,2,4,6H2,1H3,(H,13,14). The number of carbonyl (C=O) groups is 2. The molecule has 0 saturated carbocycles. The van der Waals surface area contributed by atoms with Gasteiger partial charge < -0.3 is 9.84 Å². The van der Waals surface area contributed by atoms with Gasteiger partial charge in [-0.25, -0.2) is 13.2 Å². The molecule has 0 aromatic carbocycles. The quantitative estimate of drug-likeness (QED) is 0.731. The minimum atomic E-state index is -3.78. The first-order chi connectivity index (χ1) is 8.85. The Labute approximate surface area is 114 Å². The fourth-order valence-corrected chi connectivity index (χ4v) is 3.02. The lowest BCUT2D eigenvalue weighted by Crippen LogP contribution is -2.20. The van der Waals surface area contributed by atoms with Gasteiger partial charge in [-0.3, -0.25) is 9.52 Å². The lowest BCUT2D eigenvalue weighted by Gasteiger charge is -2.07. The molecule has 0 amide bonds. The Morgan fingerprint density at radius 3 is 2.74 bits per heavy atom. The van der Waals surface area contributed by atoms with Gasteiger partial charge in [0, 0.05) is 0 Å². The van der Waals surface area contributed by atoms with Gasteiger partial charge in [0.1, 0.15) is 4.88 Å². The van der Waals surface area contributed by atoms with Gasteiger partial charge >= 0.3 is 11.9 Å². The second-order valence-electron chi connectivity index (χ2n) is 3.44. The van der Waals surface area contributed by atoms with Crippen LogP contribution in [0, 0.1) is 0 Å². The highest BCUT2D eigenvalue weighted by molar-refractivity contribution is 7.92. The van der Waals surface area contributed by atoms with E-state index in [0.29, 0.717) is 0 Å². The van der Waals surface area contributed by atoms with Gasteiger partial charge in [-0.1, -0.05) is 0 Å². The molecular formula is C10H13NO6S2. The van der Waals surface area contributed by atoms with Crippen LogP contribution in [0.4, 0.5) is 5.69 Å². The molecule has 1 aromatic rings. The van der Waals surface area contributed by atoms with Crippen molar-refractivity contribution in [2.75, 3.05) is 17.1 Å². The van der Waals surface area contributed by atoms with Gasteiger partial charge in [0.15, 0.2) is 0 Å². The van der Waals surface area contributed by atoms with E-state index in [0.717, 1.165) is 11.3 Å². The number of hydrogen-bond donors (Lipinski definition) is 2. The molecule has 0 radical (unpaired) electrons. The van der Waals surface area contributed by atoms with E-state index in [1.54, 1.807) is 6.92 Å². The smallest absolute Gasteiger partial charge is 0.348 e. The van der Waals surface area contributed by atoms with Crippen molar-refractivity contribution in [3.05, 3.63) is 16.3 Å². The fraction of sp³-hybridized carbons (Fsp3) is 0.400. The number of rotatable bonds is 7. The van der Waals surface area contributed by atoms with E-state index in [9.17, 15) is 18.0 Å². The molecule has 2 N–H and O–H groups in total. The molecule has 0 unspecified atom stereocenters. The van der Waals surface area contributed by atoms with E-state index in [4.69, 9.17) is 5.11 Å². The highest BCUT2D eigenvalue weighted by Gasteiger charge is 2.19. The van der Waals surface area contributed by atoms with Gasteiger partial charge in [-0.2, -0.15) is 0 Å². The molecule has 1 heterocycles. The number of hydrogen-bond acceptors (Lipinski definition) is 6. The number of carboxylic acids is 1. The van der Waals surface area contributed by atoms with Gasteiger partial charge in [-0.15, -0.1) is 11.3 Å². The maximum atomic E-state index is 11.7. The van der Waals surface area contributed by atoms with Crippen molar-refractivity contribution in [3.63, 3.8) is 0 Å². The number of esters is 1. The molecule has 0 aliphatic heterocycles. The summed E-state index contributed by atoms with van der Waals surface area (Å²) >= 11 is 0.913. The Bertz CT molecular complexity index is 562. The van der Waals surface area contributed by atoms with Gasteiger partial charge in [-0.05, 0) is 18.4 Å². The summed E-state index contributed by atoms with van der Waals surface area (Å²) in [5, 5.41) is 10.3. The number of carboxylic acid groups (broad SMARTS) is 1. The van der Waals surface area contributed by atoms with Gasteiger partial charge in [0.25, 0.3) is 0 Å². The second-order valence-corrected chi connectivity index (χ2v) is 6.20. The molecule has 9 heteroatoms. The number of thiophene rings is 1. The predicted octanol–water partition coefficient (Wildman–Crippen LogP) is 1.14. The second kappa shape index (κ2) is 6.53. The Morgan fingerprint density at radius 2 is 2.16 bits per heavy atom. The highest BCUT2D eigenvalue weighted by Crippen LogP contribution is 2.23. The van der Waals surface area contributed by atoms with E-state index in [1.807, 2.05) is 0 Å². The van der Waals surface area contributed by atoms with Crippen LogP contribution in [-0.2, 0) is 19.6 Å². The zero-order valence-corrected chi connectivity index (χ0v) is 11.7. The highest BCUT2D eigenvalue weighted by atomic mass is 32.2. The number of carbonyl (C=O) groups excluding carboxylic acids is 1. The molecule has 0 saturated heterocycles. The Balaban J connectivity index is 2.67. The van der Waals surface area contributed by atoms with Crippen molar-refractivity contribution in [2.24, 2.45) is 0 Å². The van der Waals surface area contributed by atoms with Crippen molar-refractivity contribution < 1.29 is 27.9 Å². The SMILES string of the molecule is CCOC(=O)CCS(=O)(=O)Nc1ccsc1C(=O)O. The predicted molar refractivity (Wildman–Crippen MR) is 69.9 cm³/mol. The van der Waals surface area contributed by atoms with E-state index in [-0.39, 0.29) is 23.6 Å². The Hall–Kier alpha value is -1.61. The van der Waals surface area contributed by atoms with Crippen LogP contribution in [0.3, 0.4) is 0 Å². The summed E-state index contributed by atoms with van der Waals surface area (Å²) in [4.78, 5) is 21.8. The summed E-state index contributed by atoms with van der Waals surface area (Å²) < 4.78 is 30.1. The topological polar surface area (TPSA) is 110 Å². The van der Waals surface area contributed by atoms with Crippen LogP contribution in [-0.4, -0.2) is 37.8 Å². The molecule has 0 atom stereocenters. The van der Waals surface area contributed by atoms with Gasteiger partial charge in [0.2, 0.25) is 10.0 Å². The summed E-state index contributed by atoms with van der Waals surface area (Å²) in [6, 6.07) is 1.36. The number of aromatic carboxylic acids is 1. The molecular weight excluding hydrogens is 294 g/mol. The lowest BCUT2D eigenvalue weighted by molar-refractivity contribution is -0.142. The van der Waals surface area contributed by atoms with Crippen LogP contribution in [0.2, 0.25) is 0 Å². The third kappa shape index (κ3) is 4.87. The van der Waals surface area contributed by atoms with Crippen molar-refractivity contribution in [1.29, 1.82) is 0 Å². The maximum absolute atomic E-state index is 11.7. The summed E-state index contributed by atoms with van der Waals surface area (Å²) in [6.45, 7) is 1.80. The first-order valence-electron chi connectivity index (χ1n) is 5.32. The number of sulfonamides is 1. The van der Waals surface area contributed by atoms with Crippen LogP contribution < -0.4 is 4.72 Å². The lowest BCUT2D eigenvalue weighted by atomic mass is 10.4. The molecule has 0 aliphatic carbocycles. The van der Waals surface area contributed by atoms with Crippen LogP contribution in [0.1, 0.15) is 23.0 Å². The minimum absolute atomic E-state index is 0.00126. The van der Waals surface area contributed by atoms with E-state index < -0.39 is 27.7 Å². The molecule has 7 nitrogen and oxygen atoms in total. The average molecular weight is 307 g/mol. The summed E-state index contributed by atoms with van der Waals surface area (Å²) in [7, 11) is -3.78. The van der Waals surface area contributed by atoms with Crippen molar-refractivity contribution >= 4 is 39.0 Å². The average Bonchev–Trinajstić information content (AvgIpc) is 2.74. The first-order valence-corrected chi connectivity index (χ1v) is 7.86. The summed E-state index contributed by atoms with van der Waals surface area (Å²) in [5.74, 6) is -2.28. The molecule has 0 bridgehead atoms. The van der Waals surface area contributed by atoms with Crippen LogP contribution in [0.5, 0.6) is 0 Å². The molecule has 1 aromatic heterocycles. The van der Waals surface area contributed by atoms with Crippen LogP contribution in [0.25, 0.3) is 0 Å². The van der Waals surface area contributed by atoms with Crippen LogP contribution in [0.15, 0.2) is 11.4 Å². The Morgan fingerprint density at radius 1 is 1.47 bits per heavy atom. The fourth-order valence-electron chi connectivity index (χ4n) is 1.22. The van der Waals surface area contributed by atoms with E-state index in [2.05, 4.69) is 9.46 Å². The molecule has 0 fully saturated rings. The van der Waals surface area contributed by atoms with E-state index in [1.165, 1.54) is 11.4 Å². The van der Waals surface area contributed by atoms with Crippen LogP contribution >= 0.6 is 11.3 Å². The number of nitrogens with one attached hydrogen (secondary N) is 1. The molecule has 1 rings (SSSR count). The molecule has 0 spiro atoms. The zero-order chi connectivity index (χ0) is 14.5. The number of ether oxygens (including phenoxy) is 1. The maximum Gasteiger partial charge on any atom is 0.348 e.